The fourth-order valence-corrected chi connectivity index (χ4v) is 5.79. The van der Waals surface area contributed by atoms with Crippen molar-refractivity contribution in [2.75, 3.05) is 25.0 Å². The summed E-state index contributed by atoms with van der Waals surface area (Å²) in [5.41, 5.74) is 6.12. The lowest BCUT2D eigenvalue weighted by Crippen LogP contribution is -2.33. The van der Waals surface area contributed by atoms with Crippen LogP contribution >= 0.6 is 0 Å². The number of nitrogens with one attached hydrogen (secondary N) is 2. The fourth-order valence-electron chi connectivity index (χ4n) is 5.79. The first kappa shape index (κ1) is 29.4. The number of halogens is 1. The summed E-state index contributed by atoms with van der Waals surface area (Å²) >= 11 is 0. The molecule has 0 bridgehead atoms. The number of benzene rings is 3. The lowest BCUT2D eigenvalue weighted by Gasteiger charge is -2.32. The molecule has 4 aromatic rings. The lowest BCUT2D eigenvalue weighted by molar-refractivity contribution is -0.121. The predicted molar refractivity (Wildman–Crippen MR) is 167 cm³/mol. The minimum Gasteiger partial charge on any atom is -0.356 e. The Balaban J connectivity index is 1.16. The van der Waals surface area contributed by atoms with Gasteiger partial charge in [0.15, 0.2) is 0 Å². The van der Waals surface area contributed by atoms with Gasteiger partial charge in [-0.2, -0.15) is 0 Å². The molecule has 1 fully saturated rings. The quantitative estimate of drug-likeness (QED) is 0.214. The molecule has 0 saturated carbocycles. The zero-order valence-electron chi connectivity index (χ0n) is 24.5. The maximum absolute atomic E-state index is 13.2. The van der Waals surface area contributed by atoms with Crippen LogP contribution in [0.15, 0.2) is 72.9 Å². The molecule has 7 heteroatoms. The summed E-state index contributed by atoms with van der Waals surface area (Å²) < 4.78 is 13.2. The molecule has 0 unspecified atom stereocenters. The van der Waals surface area contributed by atoms with Crippen LogP contribution in [-0.2, 0) is 11.3 Å². The van der Waals surface area contributed by atoms with Gasteiger partial charge in [-0.15, -0.1) is 0 Å². The van der Waals surface area contributed by atoms with Gasteiger partial charge in [-0.05, 0) is 117 Å². The molecule has 3 aromatic carbocycles. The van der Waals surface area contributed by atoms with Gasteiger partial charge in [0.1, 0.15) is 5.82 Å². The van der Waals surface area contributed by atoms with E-state index in [4.69, 9.17) is 4.98 Å². The highest BCUT2D eigenvalue weighted by molar-refractivity contribution is 6.06. The lowest BCUT2D eigenvalue weighted by atomic mass is 9.91. The summed E-state index contributed by atoms with van der Waals surface area (Å²) in [5, 5.41) is 6.98. The van der Waals surface area contributed by atoms with Crippen LogP contribution in [0.4, 0.5) is 10.1 Å². The van der Waals surface area contributed by atoms with Crippen molar-refractivity contribution in [1.82, 2.24) is 15.2 Å². The number of aryl methyl sites for hydroxylation is 1. The van der Waals surface area contributed by atoms with Crippen LogP contribution in [0, 0.1) is 18.7 Å². The Labute approximate surface area is 247 Å². The van der Waals surface area contributed by atoms with Crippen LogP contribution in [0.5, 0.6) is 0 Å². The number of carbonyl (C=O) groups excluding carboxylic acids is 2. The van der Waals surface area contributed by atoms with E-state index in [2.05, 4.69) is 21.6 Å². The third-order valence-corrected chi connectivity index (χ3v) is 8.24. The number of anilines is 1. The van der Waals surface area contributed by atoms with Gasteiger partial charge in [0.2, 0.25) is 5.91 Å². The topological polar surface area (TPSA) is 74.3 Å². The minimum absolute atomic E-state index is 0.165. The number of rotatable bonds is 10. The molecule has 5 rings (SSSR count). The third-order valence-electron chi connectivity index (χ3n) is 8.24. The minimum atomic E-state index is -0.274. The number of piperidine rings is 1. The number of nitrogens with zero attached hydrogens (tertiary/aromatic N) is 2. The average molecular weight is 567 g/mol. The molecule has 42 heavy (non-hydrogen) atoms. The monoisotopic (exact) mass is 566 g/mol. The van der Waals surface area contributed by atoms with Crippen LogP contribution in [0.3, 0.4) is 0 Å². The zero-order valence-corrected chi connectivity index (χ0v) is 24.5. The number of aromatic nitrogens is 1. The summed E-state index contributed by atoms with van der Waals surface area (Å²) in [6.07, 6.45) is 7.03. The summed E-state index contributed by atoms with van der Waals surface area (Å²) in [6.45, 7) is 7.66. The number of hydrogen-bond acceptors (Lipinski definition) is 4. The van der Waals surface area contributed by atoms with Crippen molar-refractivity contribution < 1.29 is 14.0 Å². The summed E-state index contributed by atoms with van der Waals surface area (Å²) in [7, 11) is 0. The van der Waals surface area contributed by atoms with Crippen LogP contribution < -0.4 is 10.6 Å². The average Bonchev–Trinajstić information content (AvgIpc) is 3.00. The molecular weight excluding hydrogens is 527 g/mol. The van der Waals surface area contributed by atoms with Crippen molar-refractivity contribution in [3.63, 3.8) is 0 Å². The molecular formula is C35H39FN4O2. The molecule has 1 aromatic heterocycles. The van der Waals surface area contributed by atoms with Gasteiger partial charge in [0.05, 0.1) is 5.52 Å². The van der Waals surface area contributed by atoms with Crippen molar-refractivity contribution in [3.8, 4) is 11.1 Å². The van der Waals surface area contributed by atoms with E-state index < -0.39 is 0 Å². The number of fused-ring (bicyclic) bond motifs is 1. The number of amides is 2. The van der Waals surface area contributed by atoms with E-state index in [9.17, 15) is 14.0 Å². The van der Waals surface area contributed by atoms with E-state index in [1.54, 1.807) is 24.3 Å². The second-order valence-electron chi connectivity index (χ2n) is 11.3. The normalized spacial score (nSPS) is 14.2. The van der Waals surface area contributed by atoms with Crippen LogP contribution in [0.1, 0.15) is 60.5 Å². The van der Waals surface area contributed by atoms with Crippen molar-refractivity contribution in [2.45, 2.75) is 52.5 Å². The molecule has 2 heterocycles. The van der Waals surface area contributed by atoms with E-state index in [1.807, 2.05) is 44.3 Å². The zero-order chi connectivity index (χ0) is 29.5. The van der Waals surface area contributed by atoms with Crippen LogP contribution in [-0.4, -0.2) is 41.3 Å². The van der Waals surface area contributed by atoms with Gasteiger partial charge in [0.25, 0.3) is 5.91 Å². The van der Waals surface area contributed by atoms with E-state index in [0.29, 0.717) is 24.4 Å². The molecule has 1 saturated heterocycles. The van der Waals surface area contributed by atoms with Crippen molar-refractivity contribution in [1.29, 1.82) is 0 Å². The molecule has 0 radical (unpaired) electrons. The Kier molecular flexibility index (Phi) is 9.59. The van der Waals surface area contributed by atoms with E-state index >= 15 is 0 Å². The molecule has 2 amide bonds. The van der Waals surface area contributed by atoms with Crippen molar-refractivity contribution in [2.24, 2.45) is 5.92 Å². The molecule has 218 valence electrons. The molecule has 0 spiro atoms. The first-order valence-electron chi connectivity index (χ1n) is 14.9. The number of hydrogen-bond donors (Lipinski definition) is 2. The van der Waals surface area contributed by atoms with Gasteiger partial charge in [0, 0.05) is 42.3 Å². The maximum Gasteiger partial charge on any atom is 0.255 e. The second kappa shape index (κ2) is 13.7. The third kappa shape index (κ3) is 7.39. The van der Waals surface area contributed by atoms with E-state index in [1.165, 1.54) is 30.5 Å². The Bertz CT molecular complexity index is 1530. The Hall–Kier alpha value is -4.10. The maximum atomic E-state index is 13.2. The Morgan fingerprint density at radius 3 is 2.36 bits per heavy atom. The molecule has 2 N–H and O–H groups in total. The van der Waals surface area contributed by atoms with Crippen molar-refractivity contribution in [3.05, 3.63) is 95.4 Å². The molecule has 1 aliphatic heterocycles. The number of pyridine rings is 1. The SMILES string of the molecule is CCNC(=O)CCCC1CCN(Cc2cnc3c(C)c(NC(=O)c4ccc(-c5ccc(F)cc5)cc4)ccc3c2)CC1. The number of carbonyl (C=O) groups is 2. The van der Waals surface area contributed by atoms with Crippen molar-refractivity contribution >= 4 is 28.4 Å². The molecule has 0 atom stereocenters. The van der Waals surface area contributed by atoms with Crippen LogP contribution in [0.25, 0.3) is 22.0 Å². The number of likely N-dealkylation sites (tertiary alicyclic amines) is 1. The highest BCUT2D eigenvalue weighted by Gasteiger charge is 2.20. The second-order valence-corrected chi connectivity index (χ2v) is 11.3. The van der Waals surface area contributed by atoms with Gasteiger partial charge in [-0.25, -0.2) is 4.39 Å². The van der Waals surface area contributed by atoms with Gasteiger partial charge in [-0.3, -0.25) is 19.5 Å². The Morgan fingerprint density at radius 1 is 0.976 bits per heavy atom. The van der Waals surface area contributed by atoms with E-state index in [-0.39, 0.29) is 17.6 Å². The summed E-state index contributed by atoms with van der Waals surface area (Å²) in [6, 6.07) is 19.8. The standard InChI is InChI=1S/C35H39FN4O2/c1-3-37-33(41)6-4-5-25-17-19-40(20-18-25)23-26-21-30-13-16-32(24(2)34(30)38-22-26)39-35(42)29-9-7-27(8-10-29)28-11-14-31(36)15-12-28/h7-16,21-22,25H,3-6,17-20,23H2,1-2H3,(H,37,41)(H,39,42). The first-order valence-corrected chi connectivity index (χ1v) is 14.9. The highest BCUT2D eigenvalue weighted by atomic mass is 19.1. The van der Waals surface area contributed by atoms with Gasteiger partial charge >= 0.3 is 0 Å². The highest BCUT2D eigenvalue weighted by Crippen LogP contribution is 2.28. The van der Waals surface area contributed by atoms with Crippen LogP contribution in [0.2, 0.25) is 0 Å². The summed E-state index contributed by atoms with van der Waals surface area (Å²) in [4.78, 5) is 32.0. The largest absolute Gasteiger partial charge is 0.356 e. The predicted octanol–water partition coefficient (Wildman–Crippen LogP) is 7.12. The van der Waals surface area contributed by atoms with E-state index in [0.717, 1.165) is 65.8 Å². The van der Waals surface area contributed by atoms with Gasteiger partial charge < -0.3 is 10.6 Å². The van der Waals surface area contributed by atoms with Gasteiger partial charge in [-0.1, -0.05) is 30.3 Å². The first-order chi connectivity index (χ1) is 20.4. The fraction of sp³-hybridized carbons (Fsp3) is 0.343. The Morgan fingerprint density at radius 2 is 1.67 bits per heavy atom. The smallest absolute Gasteiger partial charge is 0.255 e. The molecule has 1 aliphatic rings. The molecule has 6 nitrogen and oxygen atoms in total. The molecule has 0 aliphatic carbocycles. The summed E-state index contributed by atoms with van der Waals surface area (Å²) in [5.74, 6) is 0.407.